The molecule has 2 rings (SSSR count). The van der Waals surface area contributed by atoms with Crippen molar-refractivity contribution < 1.29 is 9.47 Å². The summed E-state index contributed by atoms with van der Waals surface area (Å²) in [5.41, 5.74) is 0.432. The lowest BCUT2D eigenvalue weighted by Gasteiger charge is -2.46. The van der Waals surface area contributed by atoms with Crippen molar-refractivity contribution in [2.24, 2.45) is 0 Å². The Morgan fingerprint density at radius 1 is 1.19 bits per heavy atom. The van der Waals surface area contributed by atoms with Crippen LogP contribution in [0.15, 0.2) is 0 Å². The Morgan fingerprint density at radius 2 is 2.00 bits per heavy atom. The molecule has 1 saturated heterocycles. The van der Waals surface area contributed by atoms with Gasteiger partial charge in [0.15, 0.2) is 0 Å². The van der Waals surface area contributed by atoms with Gasteiger partial charge < -0.3 is 14.8 Å². The summed E-state index contributed by atoms with van der Waals surface area (Å²) in [4.78, 5) is 2.74. The second-order valence-corrected chi connectivity index (χ2v) is 6.74. The lowest BCUT2D eigenvalue weighted by atomic mass is 9.91. The Kier molecular flexibility index (Phi) is 7.44. The molecule has 1 unspecified atom stereocenters. The Labute approximate surface area is 130 Å². The predicted octanol–water partition coefficient (Wildman–Crippen LogP) is 2.43. The first-order valence-electron chi connectivity index (χ1n) is 8.85. The van der Waals surface area contributed by atoms with Crippen molar-refractivity contribution in [1.82, 2.24) is 10.2 Å². The summed E-state index contributed by atoms with van der Waals surface area (Å²) in [6.07, 6.45) is 9.27. The summed E-state index contributed by atoms with van der Waals surface area (Å²) in [5.74, 6) is 0. The molecule has 1 aliphatic heterocycles. The molecule has 0 bridgehead atoms. The van der Waals surface area contributed by atoms with Gasteiger partial charge in [-0.2, -0.15) is 0 Å². The molecule has 0 aromatic rings. The molecule has 0 amide bonds. The molecule has 1 aliphatic carbocycles. The number of nitrogens with one attached hydrogen (secondary N) is 1. The Hall–Kier alpha value is -0.160. The van der Waals surface area contributed by atoms with E-state index in [1.807, 2.05) is 0 Å². The molecule has 1 atom stereocenters. The summed E-state index contributed by atoms with van der Waals surface area (Å²) >= 11 is 0. The van der Waals surface area contributed by atoms with Crippen molar-refractivity contribution >= 4 is 0 Å². The highest BCUT2D eigenvalue weighted by Gasteiger charge is 2.40. The van der Waals surface area contributed by atoms with E-state index >= 15 is 0 Å². The number of nitrogens with zero attached hydrogens (tertiary/aromatic N) is 1. The smallest absolute Gasteiger partial charge is 0.0700 e. The van der Waals surface area contributed by atoms with E-state index in [1.54, 1.807) is 7.11 Å². The van der Waals surface area contributed by atoms with E-state index in [-0.39, 0.29) is 0 Å². The minimum atomic E-state index is 0.432. The Balaban J connectivity index is 1.74. The highest BCUT2D eigenvalue weighted by atomic mass is 16.5. The fourth-order valence-electron chi connectivity index (χ4n) is 3.92. The third-order valence-corrected chi connectivity index (χ3v) is 5.08. The van der Waals surface area contributed by atoms with E-state index < -0.39 is 0 Å². The highest BCUT2D eigenvalue weighted by molar-refractivity contribution is 5.00. The zero-order valence-corrected chi connectivity index (χ0v) is 14.0. The van der Waals surface area contributed by atoms with Crippen molar-refractivity contribution in [2.45, 2.75) is 63.5 Å². The van der Waals surface area contributed by atoms with Gasteiger partial charge in [-0.25, -0.2) is 0 Å². The molecule has 0 aromatic carbocycles. The van der Waals surface area contributed by atoms with E-state index in [0.717, 1.165) is 25.7 Å². The van der Waals surface area contributed by atoms with Crippen molar-refractivity contribution in [1.29, 1.82) is 0 Å². The summed E-state index contributed by atoms with van der Waals surface area (Å²) in [7, 11) is 1.72. The summed E-state index contributed by atoms with van der Waals surface area (Å²) in [5, 5.41) is 3.89. The van der Waals surface area contributed by atoms with Gasteiger partial charge in [-0.3, -0.25) is 4.90 Å². The SMILES string of the molecule is CCCC1CNC2(CCCC2)CN1CCCOCCOC. The van der Waals surface area contributed by atoms with Crippen LogP contribution in [0, 0.1) is 0 Å². The second-order valence-electron chi connectivity index (χ2n) is 6.74. The maximum atomic E-state index is 5.61. The quantitative estimate of drug-likeness (QED) is 0.663. The van der Waals surface area contributed by atoms with Crippen LogP contribution in [0.5, 0.6) is 0 Å². The number of hydrogen-bond donors (Lipinski definition) is 1. The maximum Gasteiger partial charge on any atom is 0.0700 e. The third kappa shape index (κ3) is 5.20. The van der Waals surface area contributed by atoms with Crippen molar-refractivity contribution in [2.75, 3.05) is 46.6 Å². The lowest BCUT2D eigenvalue weighted by molar-refractivity contribution is 0.0453. The summed E-state index contributed by atoms with van der Waals surface area (Å²) in [6.45, 7) is 8.19. The molecule has 21 heavy (non-hydrogen) atoms. The molecule has 1 saturated carbocycles. The van der Waals surface area contributed by atoms with Crippen molar-refractivity contribution in [3.63, 3.8) is 0 Å². The van der Waals surface area contributed by atoms with E-state index in [4.69, 9.17) is 9.47 Å². The molecule has 1 spiro atoms. The molecule has 0 radical (unpaired) electrons. The van der Waals surface area contributed by atoms with Gasteiger partial charge in [0, 0.05) is 44.9 Å². The molecule has 1 heterocycles. The van der Waals surface area contributed by atoms with Gasteiger partial charge in [-0.15, -0.1) is 0 Å². The molecular formula is C17H34N2O2. The Bertz CT molecular complexity index is 280. The van der Waals surface area contributed by atoms with Crippen molar-refractivity contribution in [3.8, 4) is 0 Å². The van der Waals surface area contributed by atoms with Crippen LogP contribution in [0.3, 0.4) is 0 Å². The standard InChI is InChI=1S/C17H34N2O2/c1-3-7-16-14-18-17(8-4-5-9-17)15-19(16)10-6-11-21-13-12-20-2/h16,18H,3-15H2,1-2H3. The highest BCUT2D eigenvalue weighted by Crippen LogP contribution is 2.33. The van der Waals surface area contributed by atoms with Crippen LogP contribution < -0.4 is 5.32 Å². The second kappa shape index (κ2) is 9.09. The first kappa shape index (κ1) is 17.2. The van der Waals surface area contributed by atoms with Crippen LogP contribution in [-0.4, -0.2) is 63.0 Å². The van der Waals surface area contributed by atoms with Crippen LogP contribution in [0.25, 0.3) is 0 Å². The van der Waals surface area contributed by atoms with Crippen LogP contribution in [0.1, 0.15) is 51.9 Å². The first-order valence-corrected chi connectivity index (χ1v) is 8.85. The Morgan fingerprint density at radius 3 is 2.71 bits per heavy atom. The molecule has 4 nitrogen and oxygen atoms in total. The first-order chi connectivity index (χ1) is 10.3. The average molecular weight is 298 g/mol. The number of piperazine rings is 1. The molecule has 0 aromatic heterocycles. The average Bonchev–Trinajstić information content (AvgIpc) is 2.94. The van der Waals surface area contributed by atoms with Gasteiger partial charge in [-0.05, 0) is 25.7 Å². The van der Waals surface area contributed by atoms with Crippen LogP contribution >= 0.6 is 0 Å². The fraction of sp³-hybridized carbons (Fsp3) is 1.00. The summed E-state index contributed by atoms with van der Waals surface area (Å²) in [6, 6.07) is 0.722. The van der Waals surface area contributed by atoms with Crippen molar-refractivity contribution in [3.05, 3.63) is 0 Å². The molecule has 2 fully saturated rings. The van der Waals surface area contributed by atoms with Crippen LogP contribution in [0.4, 0.5) is 0 Å². The number of rotatable bonds is 9. The maximum absolute atomic E-state index is 5.61. The zero-order chi connectivity index (χ0) is 15.0. The largest absolute Gasteiger partial charge is 0.382 e. The van der Waals surface area contributed by atoms with Gasteiger partial charge in [0.1, 0.15) is 0 Å². The predicted molar refractivity (Wildman–Crippen MR) is 86.8 cm³/mol. The number of ether oxygens (including phenoxy) is 2. The minimum absolute atomic E-state index is 0.432. The van der Waals surface area contributed by atoms with Crippen LogP contribution in [0.2, 0.25) is 0 Å². The van der Waals surface area contributed by atoms with Gasteiger partial charge in [0.2, 0.25) is 0 Å². The zero-order valence-electron chi connectivity index (χ0n) is 14.0. The van der Waals surface area contributed by atoms with Gasteiger partial charge >= 0.3 is 0 Å². The number of hydrogen-bond acceptors (Lipinski definition) is 4. The van der Waals surface area contributed by atoms with E-state index in [1.165, 1.54) is 58.2 Å². The van der Waals surface area contributed by atoms with E-state index in [9.17, 15) is 0 Å². The van der Waals surface area contributed by atoms with Gasteiger partial charge in [0.05, 0.1) is 13.2 Å². The summed E-state index contributed by atoms with van der Waals surface area (Å²) < 4.78 is 10.6. The van der Waals surface area contributed by atoms with Gasteiger partial charge in [0.25, 0.3) is 0 Å². The van der Waals surface area contributed by atoms with Gasteiger partial charge in [-0.1, -0.05) is 26.2 Å². The minimum Gasteiger partial charge on any atom is -0.382 e. The molecule has 124 valence electrons. The molecule has 1 N–H and O–H groups in total. The topological polar surface area (TPSA) is 33.7 Å². The van der Waals surface area contributed by atoms with Crippen LogP contribution in [-0.2, 0) is 9.47 Å². The fourth-order valence-corrected chi connectivity index (χ4v) is 3.92. The number of methoxy groups -OCH3 is 1. The normalized spacial score (nSPS) is 25.7. The van der Waals surface area contributed by atoms with E-state index in [0.29, 0.717) is 12.1 Å². The monoisotopic (exact) mass is 298 g/mol. The lowest BCUT2D eigenvalue weighted by Crippen LogP contribution is -2.63. The van der Waals surface area contributed by atoms with E-state index in [2.05, 4.69) is 17.1 Å². The third-order valence-electron chi connectivity index (χ3n) is 5.08. The molecular weight excluding hydrogens is 264 g/mol. The molecule has 4 heteroatoms. The molecule has 2 aliphatic rings.